The Balaban J connectivity index is 2.64. The van der Waals surface area contributed by atoms with Gasteiger partial charge in [-0.3, -0.25) is 4.79 Å². The van der Waals surface area contributed by atoms with Gasteiger partial charge in [0.05, 0.1) is 23.3 Å². The van der Waals surface area contributed by atoms with E-state index in [0.717, 1.165) is 0 Å². The first kappa shape index (κ1) is 12.6. The fraction of sp³-hybridized carbons (Fsp3) is 0.500. The highest BCUT2D eigenvalue weighted by atomic mass is 32.2. The van der Waals surface area contributed by atoms with Crippen LogP contribution in [0.25, 0.3) is 0 Å². The Hall–Kier alpha value is -1.48. The number of thioether (sulfide) groups is 1. The molecule has 1 unspecified atom stereocenters. The summed E-state index contributed by atoms with van der Waals surface area (Å²) in [6.45, 7) is 3.73. The SMILES string of the molecule is CCOC(=O)C(=O)NC1=C(C#N)CC(C)S1. The third-order valence-electron chi connectivity index (χ3n) is 1.91. The van der Waals surface area contributed by atoms with Crippen molar-refractivity contribution in [1.29, 1.82) is 5.26 Å². The van der Waals surface area contributed by atoms with Crippen molar-refractivity contribution < 1.29 is 14.3 Å². The van der Waals surface area contributed by atoms with Crippen molar-refractivity contribution in [2.75, 3.05) is 6.61 Å². The number of esters is 1. The Kier molecular flexibility index (Phi) is 4.38. The maximum absolute atomic E-state index is 11.3. The van der Waals surface area contributed by atoms with Gasteiger partial charge >= 0.3 is 11.9 Å². The second-order valence-electron chi connectivity index (χ2n) is 3.23. The molecule has 1 amide bonds. The topological polar surface area (TPSA) is 79.2 Å². The van der Waals surface area contributed by atoms with E-state index in [0.29, 0.717) is 17.0 Å². The first-order valence-electron chi connectivity index (χ1n) is 4.86. The molecule has 1 aliphatic rings. The highest BCUT2D eigenvalue weighted by Gasteiger charge is 2.25. The minimum absolute atomic E-state index is 0.153. The van der Waals surface area contributed by atoms with Crippen LogP contribution in [0.4, 0.5) is 0 Å². The molecule has 1 rings (SSSR count). The molecule has 0 saturated heterocycles. The second-order valence-corrected chi connectivity index (χ2v) is 4.68. The van der Waals surface area contributed by atoms with Gasteiger partial charge in [-0.1, -0.05) is 6.92 Å². The van der Waals surface area contributed by atoms with Crippen molar-refractivity contribution in [2.24, 2.45) is 0 Å². The smallest absolute Gasteiger partial charge is 0.397 e. The van der Waals surface area contributed by atoms with Crippen LogP contribution in [-0.2, 0) is 14.3 Å². The van der Waals surface area contributed by atoms with Crippen LogP contribution in [0.1, 0.15) is 20.3 Å². The lowest BCUT2D eigenvalue weighted by Gasteiger charge is -2.05. The molecule has 86 valence electrons. The minimum Gasteiger partial charge on any atom is -0.459 e. The van der Waals surface area contributed by atoms with Gasteiger partial charge in [0.1, 0.15) is 0 Å². The van der Waals surface area contributed by atoms with Crippen LogP contribution in [0.5, 0.6) is 0 Å². The fourth-order valence-corrected chi connectivity index (χ4v) is 2.32. The third kappa shape index (κ3) is 3.00. The molecule has 0 bridgehead atoms. The minimum atomic E-state index is -0.924. The van der Waals surface area contributed by atoms with Crippen molar-refractivity contribution in [2.45, 2.75) is 25.5 Å². The van der Waals surface area contributed by atoms with Crippen LogP contribution >= 0.6 is 11.8 Å². The van der Waals surface area contributed by atoms with Gasteiger partial charge in [-0.15, -0.1) is 11.8 Å². The normalized spacial score (nSPS) is 19.2. The van der Waals surface area contributed by atoms with Crippen LogP contribution in [0.3, 0.4) is 0 Å². The zero-order valence-electron chi connectivity index (χ0n) is 9.07. The molecule has 0 saturated carbocycles. The van der Waals surface area contributed by atoms with E-state index in [4.69, 9.17) is 5.26 Å². The van der Waals surface area contributed by atoms with E-state index in [-0.39, 0.29) is 11.9 Å². The Morgan fingerprint density at radius 1 is 1.69 bits per heavy atom. The van der Waals surface area contributed by atoms with Gasteiger partial charge < -0.3 is 10.1 Å². The fourth-order valence-electron chi connectivity index (χ4n) is 1.25. The van der Waals surface area contributed by atoms with Gasteiger partial charge in [0.15, 0.2) is 0 Å². The number of rotatable bonds is 2. The molecule has 0 radical (unpaired) electrons. The lowest BCUT2D eigenvalue weighted by Crippen LogP contribution is -2.31. The van der Waals surface area contributed by atoms with Crippen LogP contribution in [-0.4, -0.2) is 23.7 Å². The average Bonchev–Trinajstić information content (AvgIpc) is 2.59. The molecule has 6 heteroatoms. The molecule has 16 heavy (non-hydrogen) atoms. The van der Waals surface area contributed by atoms with Crippen molar-refractivity contribution >= 4 is 23.6 Å². The van der Waals surface area contributed by atoms with Crippen LogP contribution < -0.4 is 5.32 Å². The van der Waals surface area contributed by atoms with E-state index in [1.54, 1.807) is 6.92 Å². The first-order valence-corrected chi connectivity index (χ1v) is 5.74. The maximum atomic E-state index is 11.3. The summed E-state index contributed by atoms with van der Waals surface area (Å²) in [5.41, 5.74) is 0.509. The van der Waals surface area contributed by atoms with Gasteiger partial charge in [0, 0.05) is 5.25 Å². The quantitative estimate of drug-likeness (QED) is 0.573. The van der Waals surface area contributed by atoms with E-state index >= 15 is 0 Å². The van der Waals surface area contributed by atoms with E-state index in [2.05, 4.69) is 10.1 Å². The molecular formula is C10H12N2O3S. The van der Waals surface area contributed by atoms with E-state index in [9.17, 15) is 9.59 Å². The van der Waals surface area contributed by atoms with Gasteiger partial charge in [-0.2, -0.15) is 5.26 Å². The lowest BCUT2D eigenvalue weighted by atomic mass is 10.2. The number of nitrogens with one attached hydrogen (secondary N) is 1. The van der Waals surface area contributed by atoms with Crippen LogP contribution in [0.15, 0.2) is 10.6 Å². The summed E-state index contributed by atoms with van der Waals surface area (Å²) in [5.74, 6) is -1.75. The Labute approximate surface area is 97.8 Å². The standard InChI is InChI=1S/C10H12N2O3S/c1-3-15-10(14)8(13)12-9-7(5-11)4-6(2)16-9/h6H,3-4H2,1-2H3,(H,12,13). The number of nitriles is 1. The van der Waals surface area contributed by atoms with Gasteiger partial charge in [-0.25, -0.2) is 4.79 Å². The van der Waals surface area contributed by atoms with Crippen LogP contribution in [0.2, 0.25) is 0 Å². The molecule has 0 fully saturated rings. The summed E-state index contributed by atoms with van der Waals surface area (Å²) in [6, 6.07) is 2.01. The second kappa shape index (κ2) is 5.56. The highest BCUT2D eigenvalue weighted by Crippen LogP contribution is 2.35. The number of ether oxygens (including phenoxy) is 1. The van der Waals surface area contributed by atoms with Crippen molar-refractivity contribution in [3.05, 3.63) is 10.6 Å². The molecule has 5 nitrogen and oxygen atoms in total. The van der Waals surface area contributed by atoms with E-state index < -0.39 is 11.9 Å². The summed E-state index contributed by atoms with van der Waals surface area (Å²) in [6.07, 6.45) is 0.611. The summed E-state index contributed by atoms with van der Waals surface area (Å²) in [7, 11) is 0. The number of hydrogen-bond donors (Lipinski definition) is 1. The number of amides is 1. The summed E-state index contributed by atoms with van der Waals surface area (Å²) >= 11 is 1.38. The van der Waals surface area contributed by atoms with Gasteiger partial charge in [-0.05, 0) is 13.3 Å². The predicted octanol–water partition coefficient (Wildman–Crippen LogP) is 0.926. The molecule has 0 spiro atoms. The number of hydrogen-bond acceptors (Lipinski definition) is 5. The van der Waals surface area contributed by atoms with Gasteiger partial charge in [0.25, 0.3) is 0 Å². The molecule has 1 atom stereocenters. The first-order chi connectivity index (χ1) is 7.58. The van der Waals surface area contributed by atoms with Crippen molar-refractivity contribution in [3.63, 3.8) is 0 Å². The summed E-state index contributed by atoms with van der Waals surface area (Å²) in [5, 5.41) is 11.9. The number of nitrogens with zero attached hydrogens (tertiary/aromatic N) is 1. The largest absolute Gasteiger partial charge is 0.459 e. The molecule has 1 aliphatic heterocycles. The summed E-state index contributed by atoms with van der Waals surface area (Å²) < 4.78 is 4.54. The van der Waals surface area contributed by atoms with Crippen molar-refractivity contribution in [1.82, 2.24) is 5.32 Å². The lowest BCUT2D eigenvalue weighted by molar-refractivity contribution is -0.154. The molecular weight excluding hydrogens is 228 g/mol. The monoisotopic (exact) mass is 240 g/mol. The van der Waals surface area contributed by atoms with Crippen LogP contribution in [0, 0.1) is 11.3 Å². The highest BCUT2D eigenvalue weighted by molar-refractivity contribution is 8.03. The molecule has 1 heterocycles. The predicted molar refractivity (Wildman–Crippen MR) is 59.1 cm³/mol. The number of carbonyl (C=O) groups excluding carboxylic acids is 2. The Morgan fingerprint density at radius 3 is 2.94 bits per heavy atom. The Bertz CT molecular complexity index is 384. The number of carbonyl (C=O) groups is 2. The summed E-state index contributed by atoms with van der Waals surface area (Å²) in [4.78, 5) is 22.4. The maximum Gasteiger partial charge on any atom is 0.397 e. The zero-order chi connectivity index (χ0) is 12.1. The third-order valence-corrected chi connectivity index (χ3v) is 3.06. The molecule has 0 aliphatic carbocycles. The molecule has 0 aromatic carbocycles. The molecule has 1 N–H and O–H groups in total. The van der Waals surface area contributed by atoms with E-state index in [1.165, 1.54) is 11.8 Å². The molecule has 0 aromatic heterocycles. The van der Waals surface area contributed by atoms with E-state index in [1.807, 2.05) is 13.0 Å². The Morgan fingerprint density at radius 2 is 2.38 bits per heavy atom. The zero-order valence-corrected chi connectivity index (χ0v) is 9.89. The molecule has 0 aromatic rings. The van der Waals surface area contributed by atoms with Crippen molar-refractivity contribution in [3.8, 4) is 6.07 Å². The average molecular weight is 240 g/mol. The van der Waals surface area contributed by atoms with Gasteiger partial charge in [0.2, 0.25) is 0 Å². The number of allylic oxidation sites excluding steroid dienone is 1.